The minimum absolute atomic E-state index is 0.789. The van der Waals surface area contributed by atoms with Crippen molar-refractivity contribution in [2.24, 2.45) is 5.73 Å². The first-order valence-electron chi connectivity index (χ1n) is 6.89. The fraction of sp³-hybridized carbons (Fsp3) is 0.714. The molecule has 0 spiro atoms. The van der Waals surface area contributed by atoms with E-state index >= 15 is 0 Å². The van der Waals surface area contributed by atoms with Crippen molar-refractivity contribution in [3.63, 3.8) is 0 Å². The van der Waals surface area contributed by atoms with Crippen LogP contribution in [0.15, 0.2) is 23.8 Å². The van der Waals surface area contributed by atoms with Crippen molar-refractivity contribution >= 4 is 0 Å². The molecule has 1 heterocycles. The number of rotatable bonds is 5. The molecule has 3 nitrogen and oxygen atoms in total. The van der Waals surface area contributed by atoms with Crippen LogP contribution in [0.3, 0.4) is 0 Å². The normalized spacial score (nSPS) is 22.8. The summed E-state index contributed by atoms with van der Waals surface area (Å²) in [4.78, 5) is 5.05. The van der Waals surface area contributed by atoms with Gasteiger partial charge in [0.15, 0.2) is 0 Å². The molecule has 0 aromatic carbocycles. The molecule has 1 aliphatic heterocycles. The molecule has 0 radical (unpaired) electrons. The van der Waals surface area contributed by atoms with Gasteiger partial charge in [0.2, 0.25) is 0 Å². The minimum Gasteiger partial charge on any atom is -0.329 e. The zero-order chi connectivity index (χ0) is 11.9. The van der Waals surface area contributed by atoms with Gasteiger partial charge in [-0.2, -0.15) is 0 Å². The summed E-state index contributed by atoms with van der Waals surface area (Å²) in [6.07, 6.45) is 10.7. The molecule has 2 aliphatic rings. The van der Waals surface area contributed by atoms with Gasteiger partial charge in [0, 0.05) is 45.8 Å². The van der Waals surface area contributed by atoms with E-state index < -0.39 is 0 Å². The molecular formula is C14H25N3. The summed E-state index contributed by atoms with van der Waals surface area (Å²) in [6.45, 7) is 7.85. The molecular weight excluding hydrogens is 210 g/mol. The number of hydrogen-bond acceptors (Lipinski definition) is 3. The molecule has 1 aliphatic carbocycles. The highest BCUT2D eigenvalue weighted by atomic mass is 15.3. The van der Waals surface area contributed by atoms with E-state index in [-0.39, 0.29) is 0 Å². The molecule has 0 amide bonds. The van der Waals surface area contributed by atoms with E-state index in [9.17, 15) is 0 Å². The van der Waals surface area contributed by atoms with Gasteiger partial charge in [-0.1, -0.05) is 23.8 Å². The molecule has 3 heteroatoms. The Morgan fingerprint density at radius 3 is 2.29 bits per heavy atom. The van der Waals surface area contributed by atoms with Crippen molar-refractivity contribution in [1.82, 2.24) is 9.80 Å². The van der Waals surface area contributed by atoms with Gasteiger partial charge in [0.1, 0.15) is 0 Å². The van der Waals surface area contributed by atoms with Crippen molar-refractivity contribution in [3.05, 3.63) is 23.8 Å². The summed E-state index contributed by atoms with van der Waals surface area (Å²) in [5.41, 5.74) is 7.11. The van der Waals surface area contributed by atoms with Gasteiger partial charge in [-0.3, -0.25) is 4.90 Å². The number of nitrogens with zero attached hydrogens (tertiary/aromatic N) is 2. The molecule has 0 saturated carbocycles. The van der Waals surface area contributed by atoms with Gasteiger partial charge in [0.25, 0.3) is 0 Å². The number of nitrogens with two attached hydrogens (primary N) is 1. The van der Waals surface area contributed by atoms with Crippen LogP contribution >= 0.6 is 0 Å². The summed E-state index contributed by atoms with van der Waals surface area (Å²) in [5, 5.41) is 0. The Labute approximate surface area is 105 Å². The van der Waals surface area contributed by atoms with Gasteiger partial charge in [-0.15, -0.1) is 0 Å². The summed E-state index contributed by atoms with van der Waals surface area (Å²) in [5.74, 6) is 0. The van der Waals surface area contributed by atoms with Gasteiger partial charge < -0.3 is 10.6 Å². The Balaban J connectivity index is 1.64. The average molecular weight is 235 g/mol. The number of allylic oxidation sites excluding steroid dienone is 3. The Morgan fingerprint density at radius 1 is 1.00 bits per heavy atom. The van der Waals surface area contributed by atoms with E-state index in [4.69, 9.17) is 5.73 Å². The lowest BCUT2D eigenvalue weighted by Gasteiger charge is -2.34. The second-order valence-electron chi connectivity index (χ2n) is 4.98. The SMILES string of the molecule is NCCN1CCN(CCC2=CCCC=C2)CC1. The molecule has 1 fully saturated rings. The summed E-state index contributed by atoms with van der Waals surface area (Å²) in [7, 11) is 0. The zero-order valence-electron chi connectivity index (χ0n) is 10.8. The highest BCUT2D eigenvalue weighted by molar-refractivity contribution is 5.22. The average Bonchev–Trinajstić information content (AvgIpc) is 2.40. The first-order valence-corrected chi connectivity index (χ1v) is 6.89. The topological polar surface area (TPSA) is 32.5 Å². The molecule has 0 aromatic rings. The maximum absolute atomic E-state index is 5.58. The third-order valence-corrected chi connectivity index (χ3v) is 3.70. The smallest absolute Gasteiger partial charge is 0.0110 e. The van der Waals surface area contributed by atoms with E-state index in [1.807, 2.05) is 0 Å². The lowest BCUT2D eigenvalue weighted by molar-refractivity contribution is 0.136. The molecule has 0 aromatic heterocycles. The lowest BCUT2D eigenvalue weighted by Crippen LogP contribution is -2.47. The Morgan fingerprint density at radius 2 is 1.71 bits per heavy atom. The van der Waals surface area contributed by atoms with Crippen LogP contribution in [-0.4, -0.2) is 55.6 Å². The Hall–Kier alpha value is -0.640. The molecule has 1 saturated heterocycles. The first-order chi connectivity index (χ1) is 8.38. The highest BCUT2D eigenvalue weighted by Crippen LogP contribution is 2.14. The maximum atomic E-state index is 5.58. The lowest BCUT2D eigenvalue weighted by atomic mass is 10.0. The van der Waals surface area contributed by atoms with Gasteiger partial charge >= 0.3 is 0 Å². The van der Waals surface area contributed by atoms with Gasteiger partial charge in [0.05, 0.1) is 0 Å². The van der Waals surface area contributed by atoms with Crippen LogP contribution in [0.4, 0.5) is 0 Å². The van der Waals surface area contributed by atoms with Crippen LogP contribution in [0.1, 0.15) is 19.3 Å². The number of piperazine rings is 1. The summed E-state index contributed by atoms with van der Waals surface area (Å²) in [6, 6.07) is 0. The maximum Gasteiger partial charge on any atom is 0.0110 e. The second-order valence-corrected chi connectivity index (χ2v) is 4.98. The van der Waals surface area contributed by atoms with Crippen molar-refractivity contribution in [3.8, 4) is 0 Å². The standard InChI is InChI=1S/C14H25N3/c15-7-9-17-12-10-16(11-13-17)8-6-14-4-2-1-3-5-14/h2,4-5H,1,3,6-13,15H2. The van der Waals surface area contributed by atoms with E-state index in [1.165, 1.54) is 57.6 Å². The van der Waals surface area contributed by atoms with E-state index in [0.717, 1.165) is 13.1 Å². The number of hydrogen-bond donors (Lipinski definition) is 1. The molecule has 96 valence electrons. The van der Waals surface area contributed by atoms with E-state index in [2.05, 4.69) is 28.0 Å². The molecule has 0 atom stereocenters. The minimum atomic E-state index is 0.789. The largest absolute Gasteiger partial charge is 0.329 e. The van der Waals surface area contributed by atoms with Crippen LogP contribution in [-0.2, 0) is 0 Å². The van der Waals surface area contributed by atoms with Crippen LogP contribution in [0.5, 0.6) is 0 Å². The van der Waals surface area contributed by atoms with Crippen molar-refractivity contribution in [1.29, 1.82) is 0 Å². The third-order valence-electron chi connectivity index (χ3n) is 3.70. The van der Waals surface area contributed by atoms with Gasteiger partial charge in [-0.05, 0) is 19.3 Å². The fourth-order valence-corrected chi connectivity index (χ4v) is 2.56. The van der Waals surface area contributed by atoms with Crippen molar-refractivity contribution in [2.75, 3.05) is 45.8 Å². The second kappa shape index (κ2) is 6.94. The quantitative estimate of drug-likeness (QED) is 0.778. The van der Waals surface area contributed by atoms with Crippen molar-refractivity contribution < 1.29 is 0 Å². The molecule has 0 bridgehead atoms. The van der Waals surface area contributed by atoms with Crippen LogP contribution in [0, 0.1) is 0 Å². The molecule has 2 rings (SSSR count). The third kappa shape index (κ3) is 4.26. The van der Waals surface area contributed by atoms with Gasteiger partial charge in [-0.25, -0.2) is 0 Å². The zero-order valence-corrected chi connectivity index (χ0v) is 10.8. The van der Waals surface area contributed by atoms with E-state index in [1.54, 1.807) is 0 Å². The fourth-order valence-electron chi connectivity index (χ4n) is 2.56. The predicted molar refractivity (Wildman–Crippen MR) is 73.0 cm³/mol. The van der Waals surface area contributed by atoms with Crippen molar-refractivity contribution in [2.45, 2.75) is 19.3 Å². The summed E-state index contributed by atoms with van der Waals surface area (Å²) < 4.78 is 0. The molecule has 0 unspecified atom stereocenters. The Bertz CT molecular complexity index is 275. The van der Waals surface area contributed by atoms with E-state index in [0.29, 0.717) is 0 Å². The monoisotopic (exact) mass is 235 g/mol. The van der Waals surface area contributed by atoms with Crippen LogP contribution in [0.2, 0.25) is 0 Å². The van der Waals surface area contributed by atoms with Crippen LogP contribution < -0.4 is 5.73 Å². The molecule has 2 N–H and O–H groups in total. The summed E-state index contributed by atoms with van der Waals surface area (Å²) >= 11 is 0. The predicted octanol–water partition coefficient (Wildman–Crippen LogP) is 1.23. The first kappa shape index (κ1) is 12.8. The Kier molecular flexibility index (Phi) is 5.23. The van der Waals surface area contributed by atoms with Crippen LogP contribution in [0.25, 0.3) is 0 Å². The highest BCUT2D eigenvalue weighted by Gasteiger charge is 2.15. The molecule has 17 heavy (non-hydrogen) atoms.